The largest absolute Gasteiger partial charge is 0.356 e. The van der Waals surface area contributed by atoms with Gasteiger partial charge in [-0.3, -0.25) is 4.79 Å². The number of fused-ring (bicyclic) bond motifs is 2. The summed E-state index contributed by atoms with van der Waals surface area (Å²) in [6.07, 6.45) is 4.22. The Morgan fingerprint density at radius 3 is 2.84 bits per heavy atom. The van der Waals surface area contributed by atoms with Crippen LogP contribution in [0.5, 0.6) is 0 Å². The zero-order chi connectivity index (χ0) is 21.2. The van der Waals surface area contributed by atoms with Gasteiger partial charge < -0.3 is 10.2 Å². The molecular formula is C21H23N7OS2. The van der Waals surface area contributed by atoms with E-state index in [2.05, 4.69) is 27.2 Å². The maximum atomic E-state index is 12.5. The molecule has 1 amide bonds. The fourth-order valence-corrected chi connectivity index (χ4v) is 5.21. The number of rotatable bonds is 7. The third-order valence-corrected chi connectivity index (χ3v) is 7.00. The molecule has 0 atom stereocenters. The number of thioether (sulfide) groups is 1. The number of thiazole rings is 1. The zero-order valence-electron chi connectivity index (χ0n) is 17.2. The van der Waals surface area contributed by atoms with Gasteiger partial charge >= 0.3 is 0 Å². The fourth-order valence-electron chi connectivity index (χ4n) is 3.77. The van der Waals surface area contributed by atoms with Crippen LogP contribution in [0.1, 0.15) is 29.6 Å². The molecule has 8 nitrogen and oxygen atoms in total. The molecule has 1 aromatic carbocycles. The van der Waals surface area contributed by atoms with Gasteiger partial charge in [0.2, 0.25) is 0 Å². The van der Waals surface area contributed by atoms with E-state index < -0.39 is 0 Å². The van der Waals surface area contributed by atoms with Crippen LogP contribution in [0.3, 0.4) is 0 Å². The van der Waals surface area contributed by atoms with Gasteiger partial charge in [0, 0.05) is 19.6 Å². The van der Waals surface area contributed by atoms with Crippen LogP contribution in [-0.4, -0.2) is 56.0 Å². The van der Waals surface area contributed by atoms with Crippen LogP contribution in [-0.2, 0) is 6.54 Å². The topological polar surface area (TPSA) is 88.8 Å². The molecular weight excluding hydrogens is 430 g/mol. The lowest BCUT2D eigenvalue weighted by Crippen LogP contribution is -2.27. The van der Waals surface area contributed by atoms with E-state index >= 15 is 0 Å². The highest BCUT2D eigenvalue weighted by Gasteiger charge is 2.21. The van der Waals surface area contributed by atoms with Gasteiger partial charge in [0.25, 0.3) is 5.91 Å². The minimum atomic E-state index is -0.160. The van der Waals surface area contributed by atoms with Crippen LogP contribution in [0.2, 0.25) is 0 Å². The van der Waals surface area contributed by atoms with E-state index in [1.807, 2.05) is 35.1 Å². The number of hydrogen-bond donors (Lipinski definition) is 1. The molecule has 31 heavy (non-hydrogen) atoms. The molecule has 1 N–H and O–H groups in total. The first-order chi connectivity index (χ1) is 15.2. The van der Waals surface area contributed by atoms with Crippen molar-refractivity contribution in [3.05, 3.63) is 35.5 Å². The average molecular weight is 454 g/mol. The molecule has 0 unspecified atom stereocenters. The second-order valence-electron chi connectivity index (χ2n) is 7.30. The molecule has 1 aliphatic rings. The van der Waals surface area contributed by atoms with Crippen molar-refractivity contribution in [3.8, 4) is 0 Å². The van der Waals surface area contributed by atoms with Crippen molar-refractivity contribution in [2.45, 2.75) is 31.5 Å². The summed E-state index contributed by atoms with van der Waals surface area (Å²) in [4.78, 5) is 28.8. The van der Waals surface area contributed by atoms with Crippen molar-refractivity contribution in [3.63, 3.8) is 0 Å². The van der Waals surface area contributed by atoms with Crippen molar-refractivity contribution < 1.29 is 4.79 Å². The van der Waals surface area contributed by atoms with Gasteiger partial charge in [-0.1, -0.05) is 30.8 Å². The van der Waals surface area contributed by atoms with Gasteiger partial charge in [-0.25, -0.2) is 19.6 Å². The molecule has 1 fully saturated rings. The maximum Gasteiger partial charge on any atom is 0.280 e. The highest BCUT2D eigenvalue weighted by molar-refractivity contribution is 7.99. The monoisotopic (exact) mass is 453 g/mol. The molecule has 5 rings (SSSR count). The first-order valence-corrected chi connectivity index (χ1v) is 12.3. The normalized spacial score (nSPS) is 14.0. The van der Waals surface area contributed by atoms with Crippen LogP contribution in [0.25, 0.3) is 21.3 Å². The Labute approximate surface area is 188 Å². The van der Waals surface area contributed by atoms with Gasteiger partial charge in [-0.05, 0) is 30.7 Å². The van der Waals surface area contributed by atoms with Crippen molar-refractivity contribution in [1.82, 2.24) is 30.0 Å². The molecule has 0 saturated carbocycles. The fraction of sp³-hybridized carbons (Fsp3) is 0.381. The smallest absolute Gasteiger partial charge is 0.280 e. The summed E-state index contributed by atoms with van der Waals surface area (Å²) in [7, 11) is 0. The second kappa shape index (κ2) is 8.80. The summed E-state index contributed by atoms with van der Waals surface area (Å²) in [5.41, 5.74) is 1.67. The standard InChI is InChI=1S/C21H23N7OS2/c1-2-30-21-25-17(27-10-5-6-11-27)14-13-23-28(18(14)26-21)12-9-22-19(29)20-24-15-7-3-4-8-16(15)31-20/h3-4,7-8,13H,2,5-6,9-12H2,1H3,(H,22,29). The Morgan fingerprint density at radius 2 is 2.03 bits per heavy atom. The molecule has 0 aliphatic carbocycles. The summed E-state index contributed by atoms with van der Waals surface area (Å²) in [5, 5.41) is 9.73. The van der Waals surface area contributed by atoms with Crippen LogP contribution >= 0.6 is 23.1 Å². The molecule has 1 aliphatic heterocycles. The van der Waals surface area contributed by atoms with E-state index in [1.54, 1.807) is 11.8 Å². The summed E-state index contributed by atoms with van der Waals surface area (Å²) in [6.45, 7) is 5.12. The van der Waals surface area contributed by atoms with E-state index in [-0.39, 0.29) is 5.91 Å². The highest BCUT2D eigenvalue weighted by Crippen LogP contribution is 2.29. The van der Waals surface area contributed by atoms with Crippen molar-refractivity contribution in [2.75, 3.05) is 30.3 Å². The third-order valence-electron chi connectivity index (χ3n) is 5.23. The number of benzene rings is 1. The molecule has 0 bridgehead atoms. The lowest BCUT2D eigenvalue weighted by atomic mass is 10.3. The average Bonchev–Trinajstić information content (AvgIpc) is 3.53. The lowest BCUT2D eigenvalue weighted by molar-refractivity contribution is 0.0952. The molecule has 10 heteroatoms. The minimum Gasteiger partial charge on any atom is -0.356 e. The Balaban J connectivity index is 1.33. The summed E-state index contributed by atoms with van der Waals surface area (Å²) in [5.74, 6) is 1.73. The molecule has 4 aromatic rings. The van der Waals surface area contributed by atoms with Gasteiger partial charge in [0.15, 0.2) is 15.8 Å². The summed E-state index contributed by atoms with van der Waals surface area (Å²) < 4.78 is 2.87. The molecule has 3 aromatic heterocycles. The Morgan fingerprint density at radius 1 is 1.19 bits per heavy atom. The summed E-state index contributed by atoms with van der Waals surface area (Å²) >= 11 is 3.04. The van der Waals surface area contributed by atoms with E-state index in [1.165, 1.54) is 24.2 Å². The molecule has 1 saturated heterocycles. The minimum absolute atomic E-state index is 0.160. The van der Waals surface area contributed by atoms with Crippen molar-refractivity contribution in [1.29, 1.82) is 0 Å². The van der Waals surface area contributed by atoms with Crippen LogP contribution < -0.4 is 10.2 Å². The molecule has 4 heterocycles. The van der Waals surface area contributed by atoms with Gasteiger partial charge in [0.1, 0.15) is 5.82 Å². The number of nitrogens with zero attached hydrogens (tertiary/aromatic N) is 6. The Bertz CT molecular complexity index is 1200. The predicted octanol–water partition coefficient (Wildman–Crippen LogP) is 3.58. The SMILES string of the molecule is CCSc1nc(N2CCCC2)c2cnn(CCNC(=O)c3nc4ccccc4s3)c2n1. The van der Waals surface area contributed by atoms with Crippen LogP contribution in [0.4, 0.5) is 5.82 Å². The van der Waals surface area contributed by atoms with Crippen molar-refractivity contribution >= 4 is 56.1 Å². The van der Waals surface area contributed by atoms with Gasteiger partial charge in [-0.2, -0.15) is 5.10 Å². The van der Waals surface area contributed by atoms with Crippen LogP contribution in [0.15, 0.2) is 35.6 Å². The van der Waals surface area contributed by atoms with Crippen LogP contribution in [0, 0.1) is 0 Å². The van der Waals surface area contributed by atoms with Gasteiger partial charge in [0.05, 0.1) is 28.3 Å². The molecule has 160 valence electrons. The first kappa shape index (κ1) is 20.2. The maximum absolute atomic E-state index is 12.5. The van der Waals surface area contributed by atoms with Crippen molar-refractivity contribution in [2.24, 2.45) is 0 Å². The first-order valence-electron chi connectivity index (χ1n) is 10.5. The number of hydrogen-bond acceptors (Lipinski definition) is 8. The van der Waals surface area contributed by atoms with E-state index in [4.69, 9.17) is 9.97 Å². The van der Waals surface area contributed by atoms with E-state index in [9.17, 15) is 4.79 Å². The highest BCUT2D eigenvalue weighted by atomic mass is 32.2. The number of nitrogens with one attached hydrogen (secondary N) is 1. The molecule has 0 spiro atoms. The Hall–Kier alpha value is -2.72. The number of carbonyl (C=O) groups excluding carboxylic acids is 1. The van der Waals surface area contributed by atoms with E-state index in [0.29, 0.717) is 18.1 Å². The second-order valence-corrected chi connectivity index (χ2v) is 9.57. The van der Waals surface area contributed by atoms with E-state index in [0.717, 1.165) is 51.1 Å². The number of anilines is 1. The number of aromatic nitrogens is 5. The summed E-state index contributed by atoms with van der Waals surface area (Å²) in [6, 6.07) is 7.77. The predicted molar refractivity (Wildman–Crippen MR) is 125 cm³/mol. The number of carbonyl (C=O) groups is 1. The van der Waals surface area contributed by atoms with Gasteiger partial charge in [-0.15, -0.1) is 11.3 Å². The quantitative estimate of drug-likeness (QED) is 0.338. The third kappa shape index (κ3) is 4.09. The number of para-hydroxylation sites is 1. The number of amides is 1. The molecule has 0 radical (unpaired) electrons. The lowest BCUT2D eigenvalue weighted by Gasteiger charge is -2.17. The Kier molecular flexibility index (Phi) is 5.73. The zero-order valence-corrected chi connectivity index (χ0v) is 18.9.